The molecule has 0 N–H and O–H groups in total. The molecular weight excluding hydrogens is 280 g/mol. The molecule has 0 unspecified atom stereocenters. The molecular formula is C13H19ClN4S. The number of alkyl halides is 1. The Bertz CT molecular complexity index is 583. The Kier molecular flexibility index (Phi) is 3.76. The van der Waals surface area contributed by atoms with Crippen LogP contribution in [-0.4, -0.2) is 30.8 Å². The fourth-order valence-corrected chi connectivity index (χ4v) is 4.15. The summed E-state index contributed by atoms with van der Waals surface area (Å²) in [7, 11) is 0. The van der Waals surface area contributed by atoms with Crippen molar-refractivity contribution < 1.29 is 0 Å². The first-order valence-electron chi connectivity index (χ1n) is 6.84. The van der Waals surface area contributed by atoms with Gasteiger partial charge in [-0.2, -0.15) is 16.9 Å². The Balaban J connectivity index is 2.18. The molecule has 3 heterocycles. The predicted octanol–water partition coefficient (Wildman–Crippen LogP) is 3.37. The number of halogens is 1. The SMILES string of the molecule is CCn1nc(C)c2nc(CCl)n(C3CCSCC3)c21. The summed E-state index contributed by atoms with van der Waals surface area (Å²) in [5.74, 6) is 3.93. The zero-order valence-electron chi connectivity index (χ0n) is 11.4. The number of aryl methyl sites for hydroxylation is 2. The van der Waals surface area contributed by atoms with Crippen LogP contribution in [0.4, 0.5) is 0 Å². The molecule has 1 aliphatic heterocycles. The highest BCUT2D eigenvalue weighted by molar-refractivity contribution is 7.99. The van der Waals surface area contributed by atoms with E-state index >= 15 is 0 Å². The van der Waals surface area contributed by atoms with Crippen molar-refractivity contribution in [3.63, 3.8) is 0 Å². The number of aromatic nitrogens is 4. The van der Waals surface area contributed by atoms with Gasteiger partial charge in [-0.3, -0.25) is 0 Å². The molecule has 19 heavy (non-hydrogen) atoms. The van der Waals surface area contributed by atoms with Crippen LogP contribution >= 0.6 is 23.4 Å². The second-order valence-electron chi connectivity index (χ2n) is 4.95. The standard InChI is InChI=1S/C13H19ClN4S/c1-3-17-13-12(9(2)16-17)15-11(8-14)18(13)10-4-6-19-7-5-10/h10H,3-8H2,1-2H3. The smallest absolute Gasteiger partial charge is 0.159 e. The highest BCUT2D eigenvalue weighted by atomic mass is 35.5. The first-order valence-corrected chi connectivity index (χ1v) is 8.53. The van der Waals surface area contributed by atoms with Crippen LogP contribution in [0.1, 0.15) is 37.3 Å². The first-order chi connectivity index (χ1) is 9.26. The first kappa shape index (κ1) is 13.3. The molecule has 2 aromatic heterocycles. The van der Waals surface area contributed by atoms with Crippen LogP contribution in [0.25, 0.3) is 11.2 Å². The maximum absolute atomic E-state index is 6.11. The minimum Gasteiger partial charge on any atom is -0.309 e. The molecule has 1 fully saturated rings. The average Bonchev–Trinajstić information content (AvgIpc) is 2.97. The summed E-state index contributed by atoms with van der Waals surface area (Å²) in [5.41, 5.74) is 3.19. The molecule has 0 atom stereocenters. The molecule has 0 spiro atoms. The third-order valence-electron chi connectivity index (χ3n) is 3.79. The lowest BCUT2D eigenvalue weighted by atomic mass is 10.1. The van der Waals surface area contributed by atoms with E-state index in [4.69, 9.17) is 16.6 Å². The molecule has 0 bridgehead atoms. The summed E-state index contributed by atoms with van der Waals surface area (Å²) in [6, 6.07) is 0.529. The van der Waals surface area contributed by atoms with Crippen LogP contribution < -0.4 is 0 Å². The van der Waals surface area contributed by atoms with Crippen LogP contribution in [0.15, 0.2) is 0 Å². The molecule has 0 aromatic carbocycles. The molecule has 6 heteroatoms. The molecule has 0 saturated carbocycles. The van der Waals surface area contributed by atoms with Crippen molar-refractivity contribution >= 4 is 34.5 Å². The summed E-state index contributed by atoms with van der Waals surface area (Å²) in [5, 5.41) is 4.58. The molecule has 1 saturated heterocycles. The third-order valence-corrected chi connectivity index (χ3v) is 5.08. The van der Waals surface area contributed by atoms with E-state index in [1.54, 1.807) is 0 Å². The van der Waals surface area contributed by atoms with Gasteiger partial charge in [-0.25, -0.2) is 9.67 Å². The molecule has 3 rings (SSSR count). The Labute approximate surface area is 122 Å². The van der Waals surface area contributed by atoms with Crippen LogP contribution in [0.2, 0.25) is 0 Å². The van der Waals surface area contributed by atoms with Gasteiger partial charge in [0.2, 0.25) is 0 Å². The highest BCUT2D eigenvalue weighted by Crippen LogP contribution is 2.32. The number of fused-ring (bicyclic) bond motifs is 1. The summed E-state index contributed by atoms with van der Waals surface area (Å²) in [4.78, 5) is 4.72. The van der Waals surface area contributed by atoms with Crippen molar-refractivity contribution in [2.24, 2.45) is 0 Å². The van der Waals surface area contributed by atoms with Gasteiger partial charge in [-0.05, 0) is 38.2 Å². The topological polar surface area (TPSA) is 35.6 Å². The fraction of sp³-hybridized carbons (Fsp3) is 0.692. The lowest BCUT2D eigenvalue weighted by Gasteiger charge is -2.25. The lowest BCUT2D eigenvalue weighted by molar-refractivity contribution is 0.458. The Morgan fingerprint density at radius 3 is 2.74 bits per heavy atom. The molecule has 2 aromatic rings. The monoisotopic (exact) mass is 298 g/mol. The van der Waals surface area contributed by atoms with Crippen molar-refractivity contribution in [2.75, 3.05) is 11.5 Å². The molecule has 104 valence electrons. The fourth-order valence-electron chi connectivity index (χ4n) is 2.88. The zero-order chi connectivity index (χ0) is 13.4. The zero-order valence-corrected chi connectivity index (χ0v) is 13.0. The van der Waals surface area contributed by atoms with E-state index in [9.17, 15) is 0 Å². The molecule has 0 amide bonds. The second kappa shape index (κ2) is 5.37. The van der Waals surface area contributed by atoms with Gasteiger partial charge in [0.25, 0.3) is 0 Å². The van der Waals surface area contributed by atoms with Gasteiger partial charge < -0.3 is 4.57 Å². The minimum absolute atomic E-state index is 0.474. The summed E-state index contributed by atoms with van der Waals surface area (Å²) in [6.07, 6.45) is 2.40. The molecule has 0 aliphatic carbocycles. The number of nitrogens with zero attached hydrogens (tertiary/aromatic N) is 4. The van der Waals surface area contributed by atoms with E-state index in [0.29, 0.717) is 11.9 Å². The molecule has 1 aliphatic rings. The third kappa shape index (κ3) is 2.17. The number of rotatable bonds is 3. The predicted molar refractivity (Wildman–Crippen MR) is 81.1 cm³/mol. The van der Waals surface area contributed by atoms with E-state index < -0.39 is 0 Å². The van der Waals surface area contributed by atoms with Crippen molar-refractivity contribution in [1.82, 2.24) is 19.3 Å². The highest BCUT2D eigenvalue weighted by Gasteiger charge is 2.24. The quantitative estimate of drug-likeness (QED) is 0.815. The van der Waals surface area contributed by atoms with Crippen LogP contribution in [0.3, 0.4) is 0 Å². The van der Waals surface area contributed by atoms with Crippen molar-refractivity contribution in [3.05, 3.63) is 11.5 Å². The van der Waals surface area contributed by atoms with Crippen molar-refractivity contribution in [1.29, 1.82) is 0 Å². The van der Waals surface area contributed by atoms with Crippen LogP contribution in [-0.2, 0) is 12.4 Å². The second-order valence-corrected chi connectivity index (χ2v) is 6.44. The Morgan fingerprint density at radius 2 is 2.11 bits per heavy atom. The molecule has 0 radical (unpaired) electrons. The summed E-state index contributed by atoms with van der Waals surface area (Å²) >= 11 is 8.15. The van der Waals surface area contributed by atoms with Gasteiger partial charge >= 0.3 is 0 Å². The van der Waals surface area contributed by atoms with Gasteiger partial charge in [-0.1, -0.05) is 0 Å². The number of thioether (sulfide) groups is 1. The number of hydrogen-bond donors (Lipinski definition) is 0. The summed E-state index contributed by atoms with van der Waals surface area (Å²) < 4.78 is 4.42. The van der Waals surface area contributed by atoms with Crippen LogP contribution in [0.5, 0.6) is 0 Å². The Hall–Kier alpha value is -0.680. The van der Waals surface area contributed by atoms with Crippen molar-refractivity contribution in [3.8, 4) is 0 Å². The van der Waals surface area contributed by atoms with E-state index in [1.807, 2.05) is 18.7 Å². The van der Waals surface area contributed by atoms with Gasteiger partial charge in [0.1, 0.15) is 11.3 Å². The van der Waals surface area contributed by atoms with E-state index in [0.717, 1.165) is 29.2 Å². The van der Waals surface area contributed by atoms with Gasteiger partial charge in [-0.15, -0.1) is 11.6 Å². The van der Waals surface area contributed by atoms with E-state index in [-0.39, 0.29) is 0 Å². The number of hydrogen-bond acceptors (Lipinski definition) is 3. The van der Waals surface area contributed by atoms with E-state index in [1.165, 1.54) is 24.3 Å². The normalized spacial score (nSPS) is 17.4. The Morgan fingerprint density at radius 1 is 1.37 bits per heavy atom. The van der Waals surface area contributed by atoms with Gasteiger partial charge in [0.05, 0.1) is 11.6 Å². The van der Waals surface area contributed by atoms with Crippen molar-refractivity contribution in [2.45, 2.75) is 45.2 Å². The van der Waals surface area contributed by atoms with Gasteiger partial charge in [0.15, 0.2) is 5.65 Å². The number of imidazole rings is 1. The largest absolute Gasteiger partial charge is 0.309 e. The molecule has 4 nitrogen and oxygen atoms in total. The van der Waals surface area contributed by atoms with Gasteiger partial charge in [0, 0.05) is 12.6 Å². The lowest BCUT2D eigenvalue weighted by Crippen LogP contribution is -2.19. The average molecular weight is 299 g/mol. The maximum Gasteiger partial charge on any atom is 0.159 e. The maximum atomic E-state index is 6.11. The van der Waals surface area contributed by atoms with Crippen LogP contribution in [0, 0.1) is 6.92 Å². The van der Waals surface area contributed by atoms with E-state index in [2.05, 4.69) is 21.3 Å². The minimum atomic E-state index is 0.474. The summed E-state index contributed by atoms with van der Waals surface area (Å²) in [6.45, 7) is 5.03.